The van der Waals surface area contributed by atoms with Crippen LogP contribution in [0, 0.1) is 0 Å². The average Bonchev–Trinajstić information content (AvgIpc) is 2.96. The fraction of sp³-hybridized carbons (Fsp3) is 0.312. The molecule has 3 N–H and O–H groups in total. The Morgan fingerprint density at radius 1 is 1.20 bits per heavy atom. The molecular formula is C16H21N3O5S. The lowest BCUT2D eigenvalue weighted by Crippen LogP contribution is -2.27. The first-order chi connectivity index (χ1) is 11.8. The second kappa shape index (κ2) is 7.58. The number of carbonyl (C=O) groups is 1. The van der Waals surface area contributed by atoms with Crippen molar-refractivity contribution in [2.24, 2.45) is 12.2 Å². The largest absolute Gasteiger partial charge is 0.493 e. The molecule has 0 saturated heterocycles. The maximum Gasteiger partial charge on any atom is 0.267 e. The normalized spacial score (nSPS) is 11.2. The highest BCUT2D eigenvalue weighted by atomic mass is 32.2. The third kappa shape index (κ3) is 4.52. The molecule has 0 saturated carbocycles. The number of hydrogen-bond acceptors (Lipinski definition) is 5. The zero-order valence-corrected chi connectivity index (χ0v) is 15.1. The van der Waals surface area contributed by atoms with Gasteiger partial charge in [-0.1, -0.05) is 6.07 Å². The van der Waals surface area contributed by atoms with Crippen LogP contribution in [0.5, 0.6) is 11.5 Å². The standard InChI is InChI=1S/C16H21N3O5S/c1-19-10-12(25(17,21)22)9-13(19)16(20)18-7-6-11-4-5-14(23-2)15(8-11)24-3/h4-5,8-10H,6-7H2,1-3H3,(H,18,20)(H2,17,21,22). The second-order valence-electron chi connectivity index (χ2n) is 5.41. The summed E-state index contributed by atoms with van der Waals surface area (Å²) in [6.07, 6.45) is 1.89. The van der Waals surface area contributed by atoms with E-state index in [4.69, 9.17) is 14.6 Å². The van der Waals surface area contributed by atoms with Crippen molar-refractivity contribution in [1.82, 2.24) is 9.88 Å². The zero-order valence-electron chi connectivity index (χ0n) is 14.3. The number of methoxy groups -OCH3 is 2. The van der Waals surface area contributed by atoms with E-state index < -0.39 is 10.0 Å². The van der Waals surface area contributed by atoms with Gasteiger partial charge in [0, 0.05) is 19.8 Å². The van der Waals surface area contributed by atoms with Crippen LogP contribution in [-0.2, 0) is 23.5 Å². The Morgan fingerprint density at radius 2 is 1.88 bits per heavy atom. The van der Waals surface area contributed by atoms with Crippen LogP contribution in [0.2, 0.25) is 0 Å². The molecular weight excluding hydrogens is 346 g/mol. The average molecular weight is 367 g/mol. The second-order valence-corrected chi connectivity index (χ2v) is 6.97. The molecule has 0 unspecified atom stereocenters. The van der Waals surface area contributed by atoms with E-state index >= 15 is 0 Å². The van der Waals surface area contributed by atoms with Gasteiger partial charge in [-0.2, -0.15) is 0 Å². The molecule has 2 rings (SSSR count). The van der Waals surface area contributed by atoms with Gasteiger partial charge in [0.05, 0.1) is 14.2 Å². The molecule has 0 aliphatic carbocycles. The number of sulfonamides is 1. The molecule has 1 aromatic carbocycles. The molecule has 9 heteroatoms. The quantitative estimate of drug-likeness (QED) is 0.746. The maximum atomic E-state index is 12.2. The number of nitrogens with zero attached hydrogens (tertiary/aromatic N) is 1. The first kappa shape index (κ1) is 18.8. The fourth-order valence-corrected chi connectivity index (χ4v) is 2.94. The van der Waals surface area contributed by atoms with Gasteiger partial charge >= 0.3 is 0 Å². The predicted molar refractivity (Wildman–Crippen MR) is 92.4 cm³/mol. The highest BCUT2D eigenvalue weighted by molar-refractivity contribution is 7.89. The lowest BCUT2D eigenvalue weighted by Gasteiger charge is -2.10. The number of amides is 1. The summed E-state index contributed by atoms with van der Waals surface area (Å²) >= 11 is 0. The van der Waals surface area contributed by atoms with Gasteiger partial charge in [-0.05, 0) is 30.2 Å². The van der Waals surface area contributed by atoms with Gasteiger partial charge < -0.3 is 19.4 Å². The van der Waals surface area contributed by atoms with Crippen molar-refractivity contribution in [3.63, 3.8) is 0 Å². The minimum Gasteiger partial charge on any atom is -0.493 e. The molecule has 0 bridgehead atoms. The highest BCUT2D eigenvalue weighted by Crippen LogP contribution is 2.27. The van der Waals surface area contributed by atoms with Crippen LogP contribution in [0.25, 0.3) is 0 Å². The molecule has 1 amide bonds. The molecule has 0 atom stereocenters. The van der Waals surface area contributed by atoms with Crippen molar-refractivity contribution in [2.45, 2.75) is 11.3 Å². The van der Waals surface area contributed by atoms with Crippen molar-refractivity contribution >= 4 is 15.9 Å². The Labute approximate surface area is 146 Å². The van der Waals surface area contributed by atoms with Gasteiger partial charge in [0.1, 0.15) is 10.6 Å². The van der Waals surface area contributed by atoms with E-state index in [-0.39, 0.29) is 16.5 Å². The fourth-order valence-electron chi connectivity index (χ4n) is 2.36. The number of ether oxygens (including phenoxy) is 2. The number of nitrogens with two attached hydrogens (primary N) is 1. The Hall–Kier alpha value is -2.52. The number of primary sulfonamides is 1. The zero-order chi connectivity index (χ0) is 18.6. The van der Waals surface area contributed by atoms with Gasteiger partial charge in [-0.3, -0.25) is 4.79 Å². The van der Waals surface area contributed by atoms with Gasteiger partial charge in [-0.25, -0.2) is 13.6 Å². The van der Waals surface area contributed by atoms with Gasteiger partial charge in [0.15, 0.2) is 11.5 Å². The van der Waals surface area contributed by atoms with E-state index in [2.05, 4.69) is 5.32 Å². The molecule has 2 aromatic rings. The summed E-state index contributed by atoms with van der Waals surface area (Å²) in [6.45, 7) is 0.379. The molecule has 25 heavy (non-hydrogen) atoms. The van der Waals surface area contributed by atoms with Crippen LogP contribution in [0.1, 0.15) is 16.1 Å². The lowest BCUT2D eigenvalue weighted by atomic mass is 10.1. The van der Waals surface area contributed by atoms with Gasteiger partial charge in [-0.15, -0.1) is 0 Å². The summed E-state index contributed by atoms with van der Waals surface area (Å²) in [4.78, 5) is 12.1. The minimum atomic E-state index is -3.84. The van der Waals surface area contributed by atoms with E-state index in [1.807, 2.05) is 12.1 Å². The van der Waals surface area contributed by atoms with E-state index in [9.17, 15) is 13.2 Å². The summed E-state index contributed by atoms with van der Waals surface area (Å²) in [5, 5.41) is 7.82. The molecule has 1 heterocycles. The van der Waals surface area contributed by atoms with Gasteiger partial charge in [0.2, 0.25) is 10.0 Å². The van der Waals surface area contributed by atoms with Crippen LogP contribution >= 0.6 is 0 Å². The van der Waals surface area contributed by atoms with Crippen molar-refractivity contribution in [2.75, 3.05) is 20.8 Å². The van der Waals surface area contributed by atoms with Crippen molar-refractivity contribution in [3.05, 3.63) is 41.7 Å². The molecule has 136 valence electrons. The predicted octanol–water partition coefficient (Wildman–Crippen LogP) is 0.662. The van der Waals surface area contributed by atoms with E-state index in [1.165, 1.54) is 16.8 Å². The Balaban J connectivity index is 2.00. The van der Waals surface area contributed by atoms with Crippen LogP contribution in [0.4, 0.5) is 0 Å². The number of nitrogens with one attached hydrogen (secondary N) is 1. The number of carbonyl (C=O) groups excluding carboxylic acids is 1. The van der Waals surface area contributed by atoms with Crippen molar-refractivity contribution < 1.29 is 22.7 Å². The van der Waals surface area contributed by atoms with Crippen molar-refractivity contribution in [3.8, 4) is 11.5 Å². The summed E-state index contributed by atoms with van der Waals surface area (Å²) in [5.41, 5.74) is 1.19. The first-order valence-electron chi connectivity index (χ1n) is 7.44. The monoisotopic (exact) mass is 367 g/mol. The molecule has 0 radical (unpaired) electrons. The summed E-state index contributed by atoms with van der Waals surface area (Å²) in [6, 6.07) is 6.77. The summed E-state index contributed by atoms with van der Waals surface area (Å²) in [7, 11) is 0.859. The Kier molecular flexibility index (Phi) is 5.70. The van der Waals surface area contributed by atoms with E-state index in [0.29, 0.717) is 24.5 Å². The molecule has 1 aromatic heterocycles. The maximum absolute atomic E-state index is 12.2. The Morgan fingerprint density at radius 3 is 2.44 bits per heavy atom. The molecule has 0 fully saturated rings. The highest BCUT2D eigenvalue weighted by Gasteiger charge is 2.17. The number of aryl methyl sites for hydroxylation is 1. The number of rotatable bonds is 7. The Bertz CT molecular complexity index is 874. The number of benzene rings is 1. The topological polar surface area (TPSA) is 113 Å². The third-order valence-electron chi connectivity index (χ3n) is 3.69. The van der Waals surface area contributed by atoms with E-state index in [1.54, 1.807) is 27.3 Å². The summed E-state index contributed by atoms with van der Waals surface area (Å²) in [5.74, 6) is 0.874. The minimum absolute atomic E-state index is 0.0972. The van der Waals surface area contributed by atoms with Crippen LogP contribution in [0.15, 0.2) is 35.4 Å². The SMILES string of the molecule is COc1ccc(CCNC(=O)c2cc(S(N)(=O)=O)cn2C)cc1OC. The van der Waals surface area contributed by atoms with Crippen LogP contribution in [0.3, 0.4) is 0 Å². The molecule has 8 nitrogen and oxygen atoms in total. The van der Waals surface area contributed by atoms with Gasteiger partial charge in [0.25, 0.3) is 5.91 Å². The number of hydrogen-bond donors (Lipinski definition) is 2. The third-order valence-corrected chi connectivity index (χ3v) is 4.57. The molecule has 0 aliphatic rings. The summed E-state index contributed by atoms with van der Waals surface area (Å²) < 4.78 is 34.5. The number of aromatic nitrogens is 1. The van der Waals surface area contributed by atoms with E-state index in [0.717, 1.165) is 5.56 Å². The smallest absolute Gasteiger partial charge is 0.267 e. The van der Waals surface area contributed by atoms with Crippen LogP contribution in [-0.4, -0.2) is 39.7 Å². The van der Waals surface area contributed by atoms with Crippen molar-refractivity contribution in [1.29, 1.82) is 0 Å². The molecule has 0 spiro atoms. The van der Waals surface area contributed by atoms with Crippen LogP contribution < -0.4 is 19.9 Å². The first-order valence-corrected chi connectivity index (χ1v) is 8.99. The molecule has 0 aliphatic heterocycles. The lowest BCUT2D eigenvalue weighted by molar-refractivity contribution is 0.0946.